The van der Waals surface area contributed by atoms with Gasteiger partial charge in [0.1, 0.15) is 0 Å². The highest BCUT2D eigenvalue weighted by Crippen LogP contribution is 2.29. The Kier molecular flexibility index (Phi) is 5.07. The fraction of sp³-hybridized carbons (Fsp3) is 0.0357. The average molecular weight is 432 g/mol. The number of H-pyrrole nitrogens is 2. The van der Waals surface area contributed by atoms with E-state index in [0.717, 1.165) is 27.4 Å². The molecule has 0 aliphatic heterocycles. The predicted octanol–water partition coefficient (Wildman–Crippen LogP) is 5.24. The lowest BCUT2D eigenvalue weighted by Crippen LogP contribution is -2.19. The lowest BCUT2D eigenvalue weighted by Gasteiger charge is -2.11. The number of carbonyl (C=O) groups excluding carboxylic acids is 1. The van der Waals surface area contributed by atoms with E-state index in [1.54, 1.807) is 6.07 Å². The fourth-order valence-electron chi connectivity index (χ4n) is 4.16. The zero-order valence-electron chi connectivity index (χ0n) is 17.9. The molecule has 0 radical (unpaired) electrons. The number of benzene rings is 3. The van der Waals surface area contributed by atoms with E-state index in [0.29, 0.717) is 16.6 Å². The smallest absolute Gasteiger partial charge is 0.260 e. The molecule has 5 nitrogen and oxygen atoms in total. The molecule has 0 unspecified atom stereocenters. The summed E-state index contributed by atoms with van der Waals surface area (Å²) in [6.45, 7) is 1.93. The Bertz CT molecular complexity index is 1680. The Morgan fingerprint density at radius 3 is 2.39 bits per heavy atom. The number of allylic oxidation sites excluding steroid dienone is 1. The highest BCUT2D eigenvalue weighted by atomic mass is 16.1. The van der Waals surface area contributed by atoms with Crippen molar-refractivity contribution in [1.82, 2.24) is 9.97 Å². The SMILES string of the molecule is Cc1cccc2cc(/C=C/C(=O)c3c(-c4ccccc4)c4ccccc4[nH]c3=O)c(=O)[nH]c12. The second-order valence-corrected chi connectivity index (χ2v) is 7.91. The maximum absolute atomic E-state index is 13.3. The minimum atomic E-state index is -0.468. The molecule has 2 N–H and O–H groups in total. The van der Waals surface area contributed by atoms with Crippen LogP contribution in [0.1, 0.15) is 21.5 Å². The summed E-state index contributed by atoms with van der Waals surface area (Å²) < 4.78 is 0. The van der Waals surface area contributed by atoms with Gasteiger partial charge in [0.2, 0.25) is 0 Å². The number of aromatic amines is 2. The minimum absolute atomic E-state index is 0.0456. The summed E-state index contributed by atoms with van der Waals surface area (Å²) in [6, 6.07) is 24.2. The first-order chi connectivity index (χ1) is 16.0. The third-order valence-electron chi connectivity index (χ3n) is 5.76. The van der Waals surface area contributed by atoms with E-state index in [2.05, 4.69) is 9.97 Å². The van der Waals surface area contributed by atoms with Gasteiger partial charge in [-0.1, -0.05) is 66.7 Å². The second kappa shape index (κ2) is 8.20. The first kappa shape index (κ1) is 20.4. The van der Waals surface area contributed by atoms with Crippen molar-refractivity contribution < 1.29 is 4.79 Å². The quantitative estimate of drug-likeness (QED) is 0.301. The molecule has 0 atom stereocenters. The number of carbonyl (C=O) groups is 1. The topological polar surface area (TPSA) is 82.8 Å². The van der Waals surface area contributed by atoms with Crippen LogP contribution >= 0.6 is 0 Å². The van der Waals surface area contributed by atoms with Crippen LogP contribution in [0.15, 0.2) is 94.5 Å². The van der Waals surface area contributed by atoms with Crippen LogP contribution in [0.2, 0.25) is 0 Å². The molecule has 0 aliphatic carbocycles. The van der Waals surface area contributed by atoms with Crippen LogP contribution in [0.3, 0.4) is 0 Å². The molecule has 2 aromatic heterocycles. The van der Waals surface area contributed by atoms with Gasteiger partial charge in [0, 0.05) is 22.0 Å². The lowest BCUT2D eigenvalue weighted by molar-refractivity contribution is 0.104. The molecule has 2 heterocycles. The maximum atomic E-state index is 13.3. The van der Waals surface area contributed by atoms with E-state index < -0.39 is 11.3 Å². The van der Waals surface area contributed by atoms with E-state index in [1.165, 1.54) is 12.2 Å². The van der Waals surface area contributed by atoms with E-state index in [-0.39, 0.29) is 11.1 Å². The van der Waals surface area contributed by atoms with Crippen LogP contribution in [0.25, 0.3) is 39.0 Å². The number of nitrogens with one attached hydrogen (secondary N) is 2. The summed E-state index contributed by atoms with van der Waals surface area (Å²) in [6.07, 6.45) is 2.75. The van der Waals surface area contributed by atoms with E-state index in [1.807, 2.05) is 79.7 Å². The molecule has 0 spiro atoms. The van der Waals surface area contributed by atoms with Crippen LogP contribution in [0.4, 0.5) is 0 Å². The molecule has 5 rings (SSSR count). The van der Waals surface area contributed by atoms with Gasteiger partial charge < -0.3 is 9.97 Å². The first-order valence-electron chi connectivity index (χ1n) is 10.6. The molecule has 0 fully saturated rings. The van der Waals surface area contributed by atoms with Gasteiger partial charge in [-0.05, 0) is 47.7 Å². The van der Waals surface area contributed by atoms with Crippen molar-refractivity contribution in [3.05, 3.63) is 122 Å². The normalized spacial score (nSPS) is 11.4. The monoisotopic (exact) mass is 432 g/mol. The molecule has 0 amide bonds. The molecule has 0 aliphatic rings. The summed E-state index contributed by atoms with van der Waals surface area (Å²) in [7, 11) is 0. The van der Waals surface area contributed by atoms with Crippen molar-refractivity contribution >= 4 is 33.7 Å². The molecule has 5 heteroatoms. The highest BCUT2D eigenvalue weighted by Gasteiger charge is 2.19. The largest absolute Gasteiger partial charge is 0.321 e. The van der Waals surface area contributed by atoms with Gasteiger partial charge in [0.25, 0.3) is 11.1 Å². The van der Waals surface area contributed by atoms with Crippen molar-refractivity contribution in [2.75, 3.05) is 0 Å². The predicted molar refractivity (Wildman–Crippen MR) is 133 cm³/mol. The number of hydrogen-bond donors (Lipinski definition) is 2. The Morgan fingerprint density at radius 2 is 1.58 bits per heavy atom. The lowest BCUT2D eigenvalue weighted by atomic mass is 9.94. The van der Waals surface area contributed by atoms with Crippen LogP contribution in [0.5, 0.6) is 0 Å². The van der Waals surface area contributed by atoms with Crippen LogP contribution in [-0.4, -0.2) is 15.8 Å². The van der Waals surface area contributed by atoms with Gasteiger partial charge in [0.15, 0.2) is 5.78 Å². The van der Waals surface area contributed by atoms with Gasteiger partial charge in [-0.25, -0.2) is 0 Å². The van der Waals surface area contributed by atoms with Gasteiger partial charge in [-0.15, -0.1) is 0 Å². The molecule has 160 valence electrons. The number of rotatable bonds is 4. The Labute approximate surface area is 189 Å². The Hall–Kier alpha value is -4.51. The number of aromatic nitrogens is 2. The third kappa shape index (κ3) is 3.70. The summed E-state index contributed by atoms with van der Waals surface area (Å²) in [5.74, 6) is -0.468. The Balaban J connectivity index is 1.65. The van der Waals surface area contributed by atoms with E-state index in [4.69, 9.17) is 0 Å². The number of fused-ring (bicyclic) bond motifs is 2. The molecular formula is C28H20N2O3. The van der Waals surface area contributed by atoms with Crippen molar-refractivity contribution in [3.63, 3.8) is 0 Å². The van der Waals surface area contributed by atoms with E-state index >= 15 is 0 Å². The van der Waals surface area contributed by atoms with Crippen LogP contribution < -0.4 is 11.1 Å². The molecule has 3 aromatic carbocycles. The molecular weight excluding hydrogens is 412 g/mol. The highest BCUT2D eigenvalue weighted by molar-refractivity contribution is 6.15. The van der Waals surface area contributed by atoms with Gasteiger partial charge in [-0.2, -0.15) is 0 Å². The number of ketones is 1. The summed E-state index contributed by atoms with van der Waals surface area (Å²) in [5, 5.41) is 1.65. The molecule has 0 saturated heterocycles. The van der Waals surface area contributed by atoms with Crippen molar-refractivity contribution in [1.29, 1.82) is 0 Å². The number of pyridine rings is 2. The van der Waals surface area contributed by atoms with Crippen molar-refractivity contribution in [3.8, 4) is 11.1 Å². The Morgan fingerprint density at radius 1 is 0.818 bits per heavy atom. The third-order valence-corrected chi connectivity index (χ3v) is 5.76. The second-order valence-electron chi connectivity index (χ2n) is 7.91. The first-order valence-corrected chi connectivity index (χ1v) is 10.6. The summed E-state index contributed by atoms with van der Waals surface area (Å²) >= 11 is 0. The standard InChI is InChI=1S/C28H20N2O3/c1-17-8-7-11-19-16-20(27(32)30-26(17)19)14-15-23(31)25-24(18-9-3-2-4-10-18)21-12-5-6-13-22(21)29-28(25)33/h2-16H,1H3,(H,29,33)(H,30,32)/b15-14+. The number of aryl methyl sites for hydroxylation is 1. The number of hydrogen-bond acceptors (Lipinski definition) is 3. The van der Waals surface area contributed by atoms with E-state index in [9.17, 15) is 14.4 Å². The zero-order valence-corrected chi connectivity index (χ0v) is 17.9. The molecule has 33 heavy (non-hydrogen) atoms. The van der Waals surface area contributed by atoms with Gasteiger partial charge >= 0.3 is 0 Å². The average Bonchev–Trinajstić information content (AvgIpc) is 2.83. The van der Waals surface area contributed by atoms with Gasteiger partial charge in [-0.3, -0.25) is 14.4 Å². The van der Waals surface area contributed by atoms with Crippen molar-refractivity contribution in [2.24, 2.45) is 0 Å². The van der Waals surface area contributed by atoms with Crippen LogP contribution in [0, 0.1) is 6.92 Å². The zero-order chi connectivity index (χ0) is 22.9. The molecule has 5 aromatic rings. The minimum Gasteiger partial charge on any atom is -0.321 e. The van der Waals surface area contributed by atoms with Crippen molar-refractivity contribution in [2.45, 2.75) is 6.92 Å². The summed E-state index contributed by atoms with van der Waals surface area (Å²) in [5.41, 5.74) is 3.37. The maximum Gasteiger partial charge on any atom is 0.260 e. The molecule has 0 saturated carbocycles. The van der Waals surface area contributed by atoms with Gasteiger partial charge in [0.05, 0.1) is 11.1 Å². The summed E-state index contributed by atoms with van der Waals surface area (Å²) in [4.78, 5) is 44.5. The fourth-order valence-corrected chi connectivity index (χ4v) is 4.16. The number of para-hydroxylation sites is 2. The van der Waals surface area contributed by atoms with Crippen LogP contribution in [-0.2, 0) is 0 Å². The molecule has 0 bridgehead atoms.